The molecule has 3 N–H and O–H groups in total. The van der Waals surface area contributed by atoms with E-state index < -0.39 is 0 Å². The van der Waals surface area contributed by atoms with E-state index in [1.807, 2.05) is 25.1 Å². The van der Waals surface area contributed by atoms with Crippen LogP contribution in [-0.2, 0) is 17.8 Å². The van der Waals surface area contributed by atoms with Crippen molar-refractivity contribution in [2.24, 2.45) is 0 Å². The van der Waals surface area contributed by atoms with Crippen molar-refractivity contribution in [1.29, 1.82) is 0 Å². The molecule has 3 heterocycles. The molecule has 2 aromatic heterocycles. The maximum absolute atomic E-state index is 13.0. The number of ketones is 1. The van der Waals surface area contributed by atoms with Gasteiger partial charge in [0.1, 0.15) is 11.5 Å². The van der Waals surface area contributed by atoms with E-state index in [-0.39, 0.29) is 29.7 Å². The van der Waals surface area contributed by atoms with Crippen LogP contribution in [0.5, 0.6) is 0 Å². The molecule has 0 spiro atoms. The van der Waals surface area contributed by atoms with Crippen molar-refractivity contribution >= 4 is 51.4 Å². The number of likely N-dealkylation sites (N-methyl/N-ethyl adjacent to an activating group) is 1. The zero-order valence-electron chi connectivity index (χ0n) is 21.5. The predicted molar refractivity (Wildman–Crippen MR) is 147 cm³/mol. The number of benzene rings is 1. The van der Waals surface area contributed by atoms with Gasteiger partial charge in [-0.15, -0.1) is 11.3 Å². The van der Waals surface area contributed by atoms with Crippen LogP contribution in [0.25, 0.3) is 10.9 Å². The van der Waals surface area contributed by atoms with Crippen LogP contribution < -0.4 is 10.6 Å². The maximum atomic E-state index is 13.0. The van der Waals surface area contributed by atoms with E-state index in [2.05, 4.69) is 32.5 Å². The first-order valence-electron chi connectivity index (χ1n) is 12.8. The van der Waals surface area contributed by atoms with Gasteiger partial charge in [-0.3, -0.25) is 9.59 Å². The van der Waals surface area contributed by atoms with Gasteiger partial charge in [-0.2, -0.15) is 0 Å². The summed E-state index contributed by atoms with van der Waals surface area (Å²) in [4.78, 5) is 46.9. The quantitative estimate of drug-likeness (QED) is 0.431. The third-order valence-corrected chi connectivity index (χ3v) is 8.16. The molecule has 0 radical (unpaired) electrons. The monoisotopic (exact) mass is 543 g/mol. The van der Waals surface area contributed by atoms with Gasteiger partial charge in [0.25, 0.3) is 11.8 Å². The molecule has 1 fully saturated rings. The van der Waals surface area contributed by atoms with Crippen molar-refractivity contribution in [3.05, 3.63) is 50.6 Å². The van der Waals surface area contributed by atoms with Crippen LogP contribution in [0.4, 0.5) is 0 Å². The number of nitrogens with one attached hydrogen (secondary N) is 3. The summed E-state index contributed by atoms with van der Waals surface area (Å²) in [6.45, 7) is 5.24. The first-order chi connectivity index (χ1) is 17.7. The van der Waals surface area contributed by atoms with Crippen LogP contribution in [0.3, 0.4) is 0 Å². The fourth-order valence-electron chi connectivity index (χ4n) is 4.60. The van der Waals surface area contributed by atoms with Crippen molar-refractivity contribution < 1.29 is 14.4 Å². The molecule has 3 aromatic rings. The molecule has 0 saturated heterocycles. The molecule has 5 rings (SSSR count). The van der Waals surface area contributed by atoms with Gasteiger partial charge in [-0.1, -0.05) is 31.4 Å². The first-order valence-corrected chi connectivity index (χ1v) is 14.0. The van der Waals surface area contributed by atoms with Crippen molar-refractivity contribution in [2.45, 2.75) is 71.0 Å². The molecule has 198 valence electrons. The molecule has 2 atom stereocenters. The summed E-state index contributed by atoms with van der Waals surface area (Å²) < 4.78 is 0. The minimum Gasteiger partial charge on any atom is -0.351 e. The van der Waals surface area contributed by atoms with Crippen LogP contribution >= 0.6 is 22.9 Å². The summed E-state index contributed by atoms with van der Waals surface area (Å²) in [5, 5.41) is 8.33. The number of carbonyl (C=O) groups excluding carboxylic acids is 3. The van der Waals surface area contributed by atoms with Gasteiger partial charge in [-0.05, 0) is 51.1 Å². The van der Waals surface area contributed by atoms with Crippen molar-refractivity contribution in [1.82, 2.24) is 25.5 Å². The Hall–Kier alpha value is -2.75. The number of carbonyl (C=O) groups is 3. The van der Waals surface area contributed by atoms with E-state index in [0.717, 1.165) is 61.8 Å². The Balaban J connectivity index is 0.000000586. The van der Waals surface area contributed by atoms with Crippen LogP contribution in [0.2, 0.25) is 5.02 Å². The molecule has 2 amide bonds. The van der Waals surface area contributed by atoms with Crippen molar-refractivity contribution in [2.75, 3.05) is 13.6 Å². The first kappa shape index (κ1) is 27.3. The predicted octanol–water partition coefficient (Wildman–Crippen LogP) is 4.72. The topological polar surface area (TPSA) is 107 Å². The lowest BCUT2D eigenvalue weighted by atomic mass is 9.90. The van der Waals surface area contributed by atoms with Gasteiger partial charge in [0, 0.05) is 58.8 Å². The summed E-state index contributed by atoms with van der Waals surface area (Å²) in [6, 6.07) is 7.08. The summed E-state index contributed by atoms with van der Waals surface area (Å²) in [6.07, 6.45) is 5.28. The van der Waals surface area contributed by atoms with E-state index in [0.29, 0.717) is 22.1 Å². The lowest BCUT2D eigenvalue weighted by Gasteiger charge is -2.32. The molecule has 1 aliphatic heterocycles. The lowest BCUT2D eigenvalue weighted by Crippen LogP contribution is -2.53. The van der Waals surface area contributed by atoms with E-state index in [9.17, 15) is 14.4 Å². The second kappa shape index (κ2) is 12.2. The third kappa shape index (κ3) is 6.97. The van der Waals surface area contributed by atoms with Gasteiger partial charge < -0.3 is 25.3 Å². The molecule has 8 nitrogen and oxygen atoms in total. The van der Waals surface area contributed by atoms with Gasteiger partial charge in [0.05, 0.1) is 5.69 Å². The highest BCUT2D eigenvalue weighted by atomic mass is 35.5. The molecular weight excluding hydrogens is 510 g/mol. The molecule has 2 aliphatic rings. The number of thiazole rings is 1. The summed E-state index contributed by atoms with van der Waals surface area (Å²) in [7, 11) is 2.08. The highest BCUT2D eigenvalue weighted by Gasteiger charge is 2.30. The molecule has 1 saturated carbocycles. The number of nitrogens with zero attached hydrogens (tertiary/aromatic N) is 2. The SMILES string of the molecule is CCC(C)=O.CN1CCc2nc(C(=O)N[C@@H]3CCCC[C@@H]3NC(=O)c3cc4cc(Cl)ccc4[nH]3)sc2C1. The average molecular weight is 544 g/mol. The van der Waals surface area contributed by atoms with Gasteiger partial charge in [0.2, 0.25) is 0 Å². The second-order valence-electron chi connectivity index (χ2n) is 9.79. The minimum absolute atomic E-state index is 0.109. The summed E-state index contributed by atoms with van der Waals surface area (Å²) >= 11 is 7.54. The molecular formula is C27H34ClN5O3S. The van der Waals surface area contributed by atoms with Gasteiger partial charge in [-0.25, -0.2) is 4.98 Å². The van der Waals surface area contributed by atoms with E-state index in [1.54, 1.807) is 13.0 Å². The number of Topliss-reactive ketones (excluding diaryl/α,β-unsaturated/α-hetero) is 1. The van der Waals surface area contributed by atoms with Gasteiger partial charge in [0.15, 0.2) is 5.01 Å². The Morgan fingerprint density at radius 2 is 1.81 bits per heavy atom. The van der Waals surface area contributed by atoms with Gasteiger partial charge >= 0.3 is 0 Å². The number of rotatable bonds is 5. The number of aromatic nitrogens is 2. The smallest absolute Gasteiger partial charge is 0.280 e. The van der Waals surface area contributed by atoms with Crippen molar-refractivity contribution in [3.63, 3.8) is 0 Å². The van der Waals surface area contributed by atoms with E-state index in [4.69, 9.17) is 11.6 Å². The summed E-state index contributed by atoms with van der Waals surface area (Å²) in [5.74, 6) is -0.0559. The lowest BCUT2D eigenvalue weighted by molar-refractivity contribution is -0.116. The Morgan fingerprint density at radius 3 is 2.49 bits per heavy atom. The highest BCUT2D eigenvalue weighted by Crippen LogP contribution is 2.26. The van der Waals surface area contributed by atoms with Crippen molar-refractivity contribution in [3.8, 4) is 0 Å². The number of hydrogen-bond acceptors (Lipinski definition) is 6. The third-order valence-electron chi connectivity index (χ3n) is 6.84. The molecule has 0 bridgehead atoms. The number of aromatic amines is 1. The Morgan fingerprint density at radius 1 is 1.14 bits per heavy atom. The standard InChI is InChI=1S/C23H26ClN5O2S.C4H8O/c1-29-9-8-18-20(12-29)32-23(28-18)22(31)27-17-5-3-2-4-16(17)26-21(30)19-11-13-10-14(24)6-7-15(13)25-19;1-3-4(2)5/h6-7,10-11,16-17,25H,2-5,8-9,12H2,1H3,(H,26,30)(H,27,31);3H2,1-2H3/t16-,17+;/m0./s1. The number of hydrogen-bond donors (Lipinski definition) is 3. The zero-order valence-corrected chi connectivity index (χ0v) is 23.1. The molecule has 0 unspecified atom stereocenters. The van der Waals surface area contributed by atoms with Crippen LogP contribution in [-0.4, -0.2) is 58.1 Å². The normalized spacial score (nSPS) is 19.5. The maximum Gasteiger partial charge on any atom is 0.280 e. The average Bonchev–Trinajstić information content (AvgIpc) is 3.49. The number of halogens is 1. The fraction of sp³-hybridized carbons (Fsp3) is 0.481. The van der Waals surface area contributed by atoms with Crippen LogP contribution in [0.15, 0.2) is 24.3 Å². The second-order valence-corrected chi connectivity index (χ2v) is 11.3. The number of amides is 2. The molecule has 37 heavy (non-hydrogen) atoms. The Bertz CT molecular complexity index is 1290. The Kier molecular flexibility index (Phi) is 9.00. The number of H-pyrrole nitrogens is 1. The van der Waals surface area contributed by atoms with Crippen LogP contribution in [0, 0.1) is 0 Å². The molecule has 10 heteroatoms. The highest BCUT2D eigenvalue weighted by molar-refractivity contribution is 7.13. The van der Waals surface area contributed by atoms with E-state index >= 15 is 0 Å². The number of fused-ring (bicyclic) bond motifs is 2. The minimum atomic E-state index is -0.170. The Labute approximate surface area is 226 Å². The van der Waals surface area contributed by atoms with E-state index in [1.165, 1.54) is 16.2 Å². The largest absolute Gasteiger partial charge is 0.351 e. The molecule has 1 aromatic carbocycles. The van der Waals surface area contributed by atoms with Crippen LogP contribution in [0.1, 0.15) is 76.8 Å². The zero-order chi connectivity index (χ0) is 26.5. The fourth-order valence-corrected chi connectivity index (χ4v) is 5.87. The summed E-state index contributed by atoms with van der Waals surface area (Å²) in [5.41, 5.74) is 2.41. The molecule has 1 aliphatic carbocycles.